The van der Waals surface area contributed by atoms with Crippen LogP contribution in [0.4, 0.5) is 4.79 Å². The Bertz CT molecular complexity index is 376. The van der Waals surface area contributed by atoms with Gasteiger partial charge in [-0.25, -0.2) is 4.79 Å². The predicted octanol–water partition coefficient (Wildman–Crippen LogP) is -0.570. The summed E-state index contributed by atoms with van der Waals surface area (Å²) in [6, 6.07) is 0. The van der Waals surface area contributed by atoms with E-state index in [2.05, 4.69) is 57.2 Å². The Morgan fingerprint density at radius 2 is 2.00 bits per heavy atom. The van der Waals surface area contributed by atoms with E-state index >= 15 is 0 Å². The Kier molecular flexibility index (Phi) is 17.5. The second-order valence-electron chi connectivity index (χ2n) is 4.05. The Morgan fingerprint density at radius 1 is 1.41 bits per heavy atom. The molecule has 1 aromatic heterocycles. The molecule has 0 saturated carbocycles. The molecule has 0 saturated heterocycles. The van der Waals surface area contributed by atoms with Crippen molar-refractivity contribution < 1.29 is 9.53 Å². The van der Waals surface area contributed by atoms with Gasteiger partial charge >= 0.3 is 61.8 Å². The second-order valence-corrected chi connectivity index (χ2v) is 4.05. The standard InChI is InChI=1S/C5H6B3N.C5H12N2O2.C2H6.B2/c1-4-5(2-9-1)8-7-3-6-4;1-6-4-7(2)5(8)9-3;2*1-2/h3,9H,1-2H2;6H,4H2,1-3H3;1-2H3;. The molecule has 1 amide bonds. The number of nitrogens with zero attached hydrogens (tertiary/aromatic N) is 1. The average molecular weight is 296 g/mol. The summed E-state index contributed by atoms with van der Waals surface area (Å²) in [7, 11) is 12.8. The molecule has 10 heteroatoms. The first-order valence-electron chi connectivity index (χ1n) is 7.23. The van der Waals surface area contributed by atoms with Crippen molar-refractivity contribution in [2.75, 3.05) is 27.9 Å². The second kappa shape index (κ2) is 16.5. The van der Waals surface area contributed by atoms with Gasteiger partial charge in [-0.1, -0.05) is 13.8 Å². The summed E-state index contributed by atoms with van der Waals surface area (Å²) >= 11 is 0. The third-order valence-corrected chi connectivity index (χ3v) is 2.63. The third kappa shape index (κ3) is 9.95. The minimum atomic E-state index is -0.329. The van der Waals surface area contributed by atoms with Crippen LogP contribution < -0.4 is 10.6 Å². The summed E-state index contributed by atoms with van der Waals surface area (Å²) < 4.78 is 4.41. The van der Waals surface area contributed by atoms with Gasteiger partial charge in [0.05, 0.1) is 13.8 Å². The monoisotopic (exact) mass is 297 g/mol. The number of rotatable bonds is 2. The molecule has 114 valence electrons. The number of methoxy groups -OCH3 is 1. The molecule has 2 heterocycles. The van der Waals surface area contributed by atoms with Crippen LogP contribution >= 0.6 is 0 Å². The van der Waals surface area contributed by atoms with Gasteiger partial charge in [-0.15, -0.1) is 0 Å². The molecule has 5 nitrogen and oxygen atoms in total. The van der Waals surface area contributed by atoms with E-state index in [-0.39, 0.29) is 6.09 Å². The molecular weight excluding hydrogens is 272 g/mol. The number of fused-ring (bicyclic) bond motifs is 1. The van der Waals surface area contributed by atoms with E-state index in [1.54, 1.807) is 14.1 Å². The van der Waals surface area contributed by atoms with Crippen LogP contribution in [0.25, 0.3) is 0 Å². The van der Waals surface area contributed by atoms with Crippen LogP contribution in [0, 0.1) is 0 Å². The third-order valence-electron chi connectivity index (χ3n) is 2.63. The van der Waals surface area contributed by atoms with Crippen molar-refractivity contribution in [1.82, 2.24) is 15.5 Å². The summed E-state index contributed by atoms with van der Waals surface area (Å²) in [6.07, 6.45) is -0.329. The number of carbonyl (C=O) groups excluding carboxylic acids is 1. The molecule has 0 spiro atoms. The molecule has 1 aliphatic heterocycles. The van der Waals surface area contributed by atoms with Crippen molar-refractivity contribution in [3.63, 3.8) is 0 Å². The van der Waals surface area contributed by atoms with Crippen LogP contribution in [0.15, 0.2) is 5.86 Å². The number of ether oxygens (including phenoxy) is 1. The van der Waals surface area contributed by atoms with Gasteiger partial charge in [-0.2, -0.15) is 0 Å². The van der Waals surface area contributed by atoms with Crippen molar-refractivity contribution in [2.45, 2.75) is 26.9 Å². The SMILES string of the molecule is CC.CNCN(C)C(=O)OC.[B][B].b1bc2c(bc1)CNC2. The summed E-state index contributed by atoms with van der Waals surface area (Å²) in [5.41, 5.74) is 2.91. The number of hydrogen-bond acceptors (Lipinski definition) is 4. The van der Waals surface area contributed by atoms with Crippen LogP contribution in [0.3, 0.4) is 0 Å². The first-order valence-corrected chi connectivity index (χ1v) is 7.23. The van der Waals surface area contributed by atoms with E-state index in [0.29, 0.717) is 6.67 Å². The first-order chi connectivity index (χ1) is 10.7. The van der Waals surface area contributed by atoms with E-state index in [9.17, 15) is 4.79 Å². The van der Waals surface area contributed by atoms with Crippen molar-refractivity contribution >= 4 is 42.1 Å². The molecule has 4 radical (unpaired) electrons. The molecule has 0 unspecified atom stereocenters. The van der Waals surface area contributed by atoms with Crippen molar-refractivity contribution in [2.24, 2.45) is 0 Å². The summed E-state index contributed by atoms with van der Waals surface area (Å²) in [6.45, 7) is 13.1. The number of carbonyl (C=O) groups is 1. The molecular formula is C12H24B5N3O2. The van der Waals surface area contributed by atoms with Crippen LogP contribution in [-0.2, 0) is 17.8 Å². The van der Waals surface area contributed by atoms with E-state index < -0.39 is 0 Å². The fraction of sp³-hybridized carbons (Fsp3) is 0.667. The van der Waals surface area contributed by atoms with Gasteiger partial charge in [0, 0.05) is 22.5 Å². The van der Waals surface area contributed by atoms with Gasteiger partial charge in [0.15, 0.2) is 0 Å². The zero-order valence-electron chi connectivity index (χ0n) is 14.3. The number of nitrogens with one attached hydrogen (secondary N) is 2. The van der Waals surface area contributed by atoms with Gasteiger partial charge < -0.3 is 10.1 Å². The Balaban J connectivity index is 0. The normalized spacial score (nSPS) is 9.86. The summed E-state index contributed by atoms with van der Waals surface area (Å²) in [5, 5.41) is 6.10. The predicted molar refractivity (Wildman–Crippen MR) is 98.0 cm³/mol. The fourth-order valence-electron chi connectivity index (χ4n) is 1.69. The number of amides is 1. The quantitative estimate of drug-likeness (QED) is 0.567. The van der Waals surface area contributed by atoms with Gasteiger partial charge in [-0.3, -0.25) is 4.90 Å². The maximum absolute atomic E-state index is 10.6. The Morgan fingerprint density at radius 3 is 2.50 bits per heavy atom. The van der Waals surface area contributed by atoms with E-state index in [1.165, 1.54) is 22.9 Å². The van der Waals surface area contributed by atoms with Gasteiger partial charge in [-0.05, 0) is 7.05 Å². The zero-order valence-corrected chi connectivity index (χ0v) is 14.3. The van der Waals surface area contributed by atoms with E-state index in [4.69, 9.17) is 0 Å². The maximum atomic E-state index is 10.6. The molecule has 1 aromatic rings. The van der Waals surface area contributed by atoms with Crippen LogP contribution in [0.1, 0.15) is 24.8 Å². The average Bonchev–Trinajstić information content (AvgIpc) is 3.07. The number of hydrogen-bond donors (Lipinski definition) is 2. The molecule has 0 atom stereocenters. The van der Waals surface area contributed by atoms with E-state index in [0.717, 1.165) is 13.1 Å². The van der Waals surface area contributed by atoms with Crippen LogP contribution in [0.2, 0.25) is 0 Å². The van der Waals surface area contributed by atoms with Gasteiger partial charge in [0.2, 0.25) is 0 Å². The zero-order chi connectivity index (χ0) is 17.4. The van der Waals surface area contributed by atoms with Crippen molar-refractivity contribution in [1.29, 1.82) is 0 Å². The Labute approximate surface area is 139 Å². The van der Waals surface area contributed by atoms with Gasteiger partial charge in [0.1, 0.15) is 0 Å². The molecule has 0 aliphatic carbocycles. The molecule has 2 rings (SSSR count). The van der Waals surface area contributed by atoms with Crippen molar-refractivity contribution in [3.8, 4) is 0 Å². The molecule has 2 N–H and O–H groups in total. The van der Waals surface area contributed by atoms with Crippen molar-refractivity contribution in [3.05, 3.63) is 16.8 Å². The molecule has 0 fully saturated rings. The Hall–Kier alpha value is -0.875. The van der Waals surface area contributed by atoms with E-state index in [1.807, 2.05) is 13.8 Å². The molecule has 0 aromatic carbocycles. The molecule has 22 heavy (non-hydrogen) atoms. The van der Waals surface area contributed by atoms with Crippen LogP contribution in [-0.4, -0.2) is 74.8 Å². The topological polar surface area (TPSA) is 53.6 Å². The summed E-state index contributed by atoms with van der Waals surface area (Å²) in [4.78, 5) is 12.0. The van der Waals surface area contributed by atoms with Crippen LogP contribution in [0.5, 0.6) is 0 Å². The minimum absolute atomic E-state index is 0.329. The molecule has 0 bridgehead atoms. The fourth-order valence-corrected chi connectivity index (χ4v) is 1.69. The van der Waals surface area contributed by atoms with Gasteiger partial charge in [0.25, 0.3) is 0 Å². The molecule has 1 aliphatic rings. The first kappa shape index (κ1) is 23.4. The summed E-state index contributed by atoms with van der Waals surface area (Å²) in [5.74, 6) is 2.09.